The summed E-state index contributed by atoms with van der Waals surface area (Å²) in [5, 5.41) is 8.70. The summed E-state index contributed by atoms with van der Waals surface area (Å²) in [7, 11) is -2.07. The van der Waals surface area contributed by atoms with Crippen molar-refractivity contribution in [2.45, 2.75) is 13.0 Å². The second-order valence-corrected chi connectivity index (χ2v) is 5.58. The predicted octanol–water partition coefficient (Wildman–Crippen LogP) is 1.16. The number of carbonyl (C=O) groups is 1. The molecule has 0 bridgehead atoms. The van der Waals surface area contributed by atoms with Crippen LogP contribution in [0.1, 0.15) is 17.3 Å². The molecule has 0 amide bonds. The van der Waals surface area contributed by atoms with Crippen molar-refractivity contribution in [2.24, 2.45) is 0 Å². The Hall–Kier alpha value is -1.60. The van der Waals surface area contributed by atoms with Crippen LogP contribution in [-0.2, 0) is 14.8 Å². The van der Waals surface area contributed by atoms with Gasteiger partial charge in [-0.3, -0.25) is 4.72 Å². The molecule has 0 fully saturated rings. The fourth-order valence-electron chi connectivity index (χ4n) is 1.28. The van der Waals surface area contributed by atoms with Gasteiger partial charge in [0.2, 0.25) is 10.0 Å². The summed E-state index contributed by atoms with van der Waals surface area (Å²) in [6, 6.07) is 5.47. The zero-order valence-electron chi connectivity index (χ0n) is 10.1. The van der Waals surface area contributed by atoms with Crippen LogP contribution in [0.15, 0.2) is 24.3 Å². The van der Waals surface area contributed by atoms with Crippen LogP contribution in [0.25, 0.3) is 0 Å². The van der Waals surface area contributed by atoms with E-state index in [4.69, 9.17) is 9.84 Å². The minimum absolute atomic E-state index is 0.100. The summed E-state index contributed by atoms with van der Waals surface area (Å²) in [6.07, 6.45) is -0.416. The number of sulfonamides is 1. The molecule has 0 aliphatic carbocycles. The van der Waals surface area contributed by atoms with Crippen molar-refractivity contribution in [3.8, 4) is 0 Å². The zero-order valence-corrected chi connectivity index (χ0v) is 10.9. The molecule has 1 aromatic rings. The van der Waals surface area contributed by atoms with E-state index in [1.165, 1.54) is 31.4 Å². The maximum atomic E-state index is 11.7. The Bertz CT molecular complexity index is 509. The molecule has 0 aliphatic heterocycles. The Kier molecular flexibility index (Phi) is 4.69. The predicted molar refractivity (Wildman–Crippen MR) is 67.3 cm³/mol. The van der Waals surface area contributed by atoms with Crippen LogP contribution in [0.5, 0.6) is 0 Å². The molecule has 1 atom stereocenters. The van der Waals surface area contributed by atoms with Gasteiger partial charge in [-0.05, 0) is 31.2 Å². The van der Waals surface area contributed by atoms with Gasteiger partial charge in [-0.1, -0.05) is 0 Å². The second-order valence-electron chi connectivity index (χ2n) is 3.81. The number of anilines is 1. The molecule has 7 heteroatoms. The van der Waals surface area contributed by atoms with Crippen LogP contribution in [-0.4, -0.2) is 38.5 Å². The van der Waals surface area contributed by atoms with E-state index in [0.29, 0.717) is 5.69 Å². The number of carboxylic acids is 1. The minimum atomic E-state index is -3.50. The van der Waals surface area contributed by atoms with E-state index in [0.717, 1.165) is 0 Å². The maximum absolute atomic E-state index is 11.7. The van der Waals surface area contributed by atoms with Crippen molar-refractivity contribution in [1.82, 2.24) is 0 Å². The van der Waals surface area contributed by atoms with E-state index in [2.05, 4.69) is 4.72 Å². The van der Waals surface area contributed by atoms with Gasteiger partial charge in [-0.15, -0.1) is 0 Å². The second kappa shape index (κ2) is 5.83. The Morgan fingerprint density at radius 3 is 2.39 bits per heavy atom. The van der Waals surface area contributed by atoms with Gasteiger partial charge in [-0.25, -0.2) is 13.2 Å². The highest BCUT2D eigenvalue weighted by atomic mass is 32.2. The fraction of sp³-hybridized carbons (Fsp3) is 0.364. The standard InChI is InChI=1S/C11H15NO5S/c1-8(17-2)7-18(15,16)12-10-5-3-9(4-6-10)11(13)14/h3-6,8,12H,7H2,1-2H3,(H,13,14). The van der Waals surface area contributed by atoms with E-state index >= 15 is 0 Å². The van der Waals surface area contributed by atoms with Gasteiger partial charge >= 0.3 is 5.97 Å². The number of rotatable bonds is 6. The molecule has 0 aliphatic rings. The lowest BCUT2D eigenvalue weighted by molar-refractivity contribution is 0.0697. The molecule has 0 radical (unpaired) electrons. The van der Waals surface area contributed by atoms with Gasteiger partial charge in [0.05, 0.1) is 17.4 Å². The lowest BCUT2D eigenvalue weighted by Crippen LogP contribution is -2.25. The molecule has 18 heavy (non-hydrogen) atoms. The van der Waals surface area contributed by atoms with E-state index in [1.807, 2.05) is 0 Å². The van der Waals surface area contributed by atoms with Crippen molar-refractivity contribution in [3.63, 3.8) is 0 Å². The molecule has 0 aromatic heterocycles. The first kappa shape index (κ1) is 14.5. The van der Waals surface area contributed by atoms with E-state index in [-0.39, 0.29) is 11.3 Å². The molecule has 100 valence electrons. The topological polar surface area (TPSA) is 92.7 Å². The quantitative estimate of drug-likeness (QED) is 0.811. The summed E-state index contributed by atoms with van der Waals surface area (Å²) in [6.45, 7) is 1.65. The molecule has 2 N–H and O–H groups in total. The summed E-state index contributed by atoms with van der Waals surface area (Å²) in [5.41, 5.74) is 0.423. The highest BCUT2D eigenvalue weighted by molar-refractivity contribution is 7.92. The van der Waals surface area contributed by atoms with E-state index in [1.54, 1.807) is 6.92 Å². The maximum Gasteiger partial charge on any atom is 0.335 e. The Morgan fingerprint density at radius 2 is 1.94 bits per heavy atom. The van der Waals surface area contributed by atoms with Crippen LogP contribution in [0.3, 0.4) is 0 Å². The molecule has 0 heterocycles. The fourth-order valence-corrected chi connectivity index (χ4v) is 2.61. The summed E-state index contributed by atoms with van der Waals surface area (Å²) >= 11 is 0. The number of ether oxygens (including phenoxy) is 1. The molecule has 0 saturated carbocycles. The summed E-state index contributed by atoms with van der Waals surface area (Å²) in [5.74, 6) is -1.22. The van der Waals surface area contributed by atoms with Crippen molar-refractivity contribution < 1.29 is 23.1 Å². The first-order valence-electron chi connectivity index (χ1n) is 5.20. The van der Waals surface area contributed by atoms with Gasteiger partial charge in [0.15, 0.2) is 0 Å². The zero-order chi connectivity index (χ0) is 13.8. The Balaban J connectivity index is 2.75. The average Bonchev–Trinajstić information content (AvgIpc) is 2.28. The van der Waals surface area contributed by atoms with Crippen LogP contribution in [0, 0.1) is 0 Å². The average molecular weight is 273 g/mol. The Morgan fingerprint density at radius 1 is 1.39 bits per heavy atom. The molecule has 0 spiro atoms. The van der Waals surface area contributed by atoms with Crippen LogP contribution >= 0.6 is 0 Å². The van der Waals surface area contributed by atoms with E-state index < -0.39 is 22.1 Å². The number of nitrogens with one attached hydrogen (secondary N) is 1. The molecule has 1 rings (SSSR count). The van der Waals surface area contributed by atoms with Gasteiger partial charge in [0, 0.05) is 12.8 Å². The number of methoxy groups -OCH3 is 1. The third-order valence-corrected chi connectivity index (χ3v) is 3.72. The summed E-state index contributed by atoms with van der Waals surface area (Å²) < 4.78 is 30.6. The van der Waals surface area contributed by atoms with Crippen molar-refractivity contribution >= 4 is 21.7 Å². The van der Waals surface area contributed by atoms with Crippen molar-refractivity contribution in [3.05, 3.63) is 29.8 Å². The highest BCUT2D eigenvalue weighted by Gasteiger charge is 2.15. The normalized spacial score (nSPS) is 13.0. The first-order valence-corrected chi connectivity index (χ1v) is 6.86. The van der Waals surface area contributed by atoms with Crippen LogP contribution in [0.2, 0.25) is 0 Å². The molecule has 0 saturated heterocycles. The van der Waals surface area contributed by atoms with Gasteiger partial charge in [0.25, 0.3) is 0 Å². The van der Waals surface area contributed by atoms with Gasteiger partial charge in [0.1, 0.15) is 0 Å². The monoisotopic (exact) mass is 273 g/mol. The molecular weight excluding hydrogens is 258 g/mol. The van der Waals surface area contributed by atoms with Crippen molar-refractivity contribution in [2.75, 3.05) is 17.6 Å². The number of aromatic carboxylic acids is 1. The lowest BCUT2D eigenvalue weighted by Gasteiger charge is -2.12. The van der Waals surface area contributed by atoms with Gasteiger partial charge < -0.3 is 9.84 Å². The largest absolute Gasteiger partial charge is 0.478 e. The minimum Gasteiger partial charge on any atom is -0.478 e. The van der Waals surface area contributed by atoms with Crippen LogP contribution < -0.4 is 4.72 Å². The number of benzene rings is 1. The smallest absolute Gasteiger partial charge is 0.335 e. The molecule has 1 aromatic carbocycles. The highest BCUT2D eigenvalue weighted by Crippen LogP contribution is 2.12. The SMILES string of the molecule is COC(C)CS(=O)(=O)Nc1ccc(C(=O)O)cc1. The lowest BCUT2D eigenvalue weighted by atomic mass is 10.2. The molecule has 6 nitrogen and oxygen atoms in total. The Labute approximate surface area is 106 Å². The van der Waals surface area contributed by atoms with Crippen LogP contribution in [0.4, 0.5) is 5.69 Å². The van der Waals surface area contributed by atoms with Crippen molar-refractivity contribution in [1.29, 1.82) is 0 Å². The number of carboxylic acid groups (broad SMARTS) is 1. The number of hydrogen-bond donors (Lipinski definition) is 2. The third-order valence-electron chi connectivity index (χ3n) is 2.26. The van der Waals surface area contributed by atoms with E-state index in [9.17, 15) is 13.2 Å². The summed E-state index contributed by atoms with van der Waals surface area (Å²) in [4.78, 5) is 10.6. The molecule has 1 unspecified atom stereocenters. The first-order chi connectivity index (χ1) is 8.34. The molecular formula is C11H15NO5S. The number of hydrogen-bond acceptors (Lipinski definition) is 4. The third kappa shape index (κ3) is 4.34. The van der Waals surface area contributed by atoms with Gasteiger partial charge in [-0.2, -0.15) is 0 Å².